The first-order chi connectivity index (χ1) is 9.36. The van der Waals surface area contributed by atoms with E-state index in [2.05, 4.69) is 53.8 Å². The molecule has 19 heavy (non-hydrogen) atoms. The zero-order valence-electron chi connectivity index (χ0n) is 11.5. The molecule has 1 N–H and O–H groups in total. The van der Waals surface area contributed by atoms with Crippen LogP contribution in [0.1, 0.15) is 36.3 Å². The molecule has 0 saturated heterocycles. The molecule has 3 rings (SSSR count). The fraction of sp³-hybridized carbons (Fsp3) is 0.333. The Morgan fingerprint density at radius 1 is 1.00 bits per heavy atom. The normalized spacial score (nSPS) is 15.2. The van der Waals surface area contributed by atoms with Crippen LogP contribution in [0.5, 0.6) is 0 Å². The van der Waals surface area contributed by atoms with Crippen LogP contribution in [0.4, 0.5) is 0 Å². The van der Waals surface area contributed by atoms with Gasteiger partial charge in [0, 0.05) is 6.54 Å². The van der Waals surface area contributed by atoms with Crippen LogP contribution in [0, 0.1) is 0 Å². The minimum absolute atomic E-state index is 0.824. The lowest BCUT2D eigenvalue weighted by Crippen LogP contribution is -2.08. The molecular formula is C18H21N. The summed E-state index contributed by atoms with van der Waals surface area (Å²) in [4.78, 5) is 0. The molecule has 1 nitrogen and oxygen atoms in total. The number of nitrogens with one attached hydrogen (secondary N) is 1. The highest BCUT2D eigenvalue weighted by Gasteiger charge is 2.18. The molecule has 0 unspecified atom stereocenters. The summed E-state index contributed by atoms with van der Waals surface area (Å²) in [6.45, 7) is 0.925. The number of hydrogen-bond acceptors (Lipinski definition) is 1. The number of benzene rings is 2. The van der Waals surface area contributed by atoms with Gasteiger partial charge in [-0.05, 0) is 54.1 Å². The minimum Gasteiger partial charge on any atom is -0.316 e. The molecule has 1 fully saturated rings. The molecule has 1 heteroatoms. The lowest BCUT2D eigenvalue weighted by atomic mass is 9.80. The molecule has 0 aliphatic heterocycles. The maximum atomic E-state index is 3.20. The maximum Gasteiger partial charge on any atom is 0.0202 e. The topological polar surface area (TPSA) is 12.0 Å². The Labute approximate surface area is 115 Å². The molecule has 2 aromatic carbocycles. The van der Waals surface area contributed by atoms with E-state index in [0.717, 1.165) is 12.5 Å². The van der Waals surface area contributed by atoms with Crippen LogP contribution in [0.2, 0.25) is 0 Å². The quantitative estimate of drug-likeness (QED) is 0.852. The van der Waals surface area contributed by atoms with Gasteiger partial charge in [-0.2, -0.15) is 0 Å². The molecule has 0 radical (unpaired) electrons. The Hall–Kier alpha value is -1.60. The molecule has 2 aromatic rings. The molecule has 0 amide bonds. The predicted molar refractivity (Wildman–Crippen MR) is 81.2 cm³/mol. The molecule has 0 spiro atoms. The third kappa shape index (κ3) is 2.71. The van der Waals surface area contributed by atoms with Gasteiger partial charge in [0.2, 0.25) is 0 Å². The van der Waals surface area contributed by atoms with Crippen LogP contribution < -0.4 is 5.32 Å². The largest absolute Gasteiger partial charge is 0.316 e. The number of rotatable bonds is 4. The summed E-state index contributed by atoms with van der Waals surface area (Å²) in [5.74, 6) is 0.824. The summed E-state index contributed by atoms with van der Waals surface area (Å²) in [5, 5.41) is 3.20. The molecule has 0 aromatic heterocycles. The first-order valence-corrected chi connectivity index (χ1v) is 7.21. The number of hydrogen-bond donors (Lipinski definition) is 1. The van der Waals surface area contributed by atoms with Gasteiger partial charge in [0.25, 0.3) is 0 Å². The Morgan fingerprint density at radius 2 is 1.79 bits per heavy atom. The van der Waals surface area contributed by atoms with E-state index < -0.39 is 0 Å². The molecule has 98 valence electrons. The average molecular weight is 251 g/mol. The van der Waals surface area contributed by atoms with Crippen molar-refractivity contribution in [2.24, 2.45) is 0 Å². The van der Waals surface area contributed by atoms with Gasteiger partial charge < -0.3 is 5.32 Å². The highest BCUT2D eigenvalue weighted by molar-refractivity contribution is 5.64. The fourth-order valence-electron chi connectivity index (χ4n) is 2.75. The van der Waals surface area contributed by atoms with Crippen molar-refractivity contribution in [1.29, 1.82) is 0 Å². The van der Waals surface area contributed by atoms with Crippen molar-refractivity contribution in [3.05, 3.63) is 59.7 Å². The van der Waals surface area contributed by atoms with Gasteiger partial charge in [-0.25, -0.2) is 0 Å². The van der Waals surface area contributed by atoms with Crippen LogP contribution in [-0.4, -0.2) is 7.05 Å². The lowest BCUT2D eigenvalue weighted by molar-refractivity contribution is 0.420. The first kappa shape index (κ1) is 12.4. The molecule has 0 atom stereocenters. The average Bonchev–Trinajstić information content (AvgIpc) is 2.38. The Bertz CT molecular complexity index is 538. The summed E-state index contributed by atoms with van der Waals surface area (Å²) in [6.07, 6.45) is 4.15. The second-order valence-electron chi connectivity index (χ2n) is 5.48. The standard InChI is InChI=1S/C18H21N/c1-19-13-14-4-2-7-18(12-14)17-10-8-16(9-11-17)15-5-3-6-15/h2,4,7-12,15,19H,3,5-6,13H2,1H3. The third-order valence-electron chi connectivity index (χ3n) is 4.13. The van der Waals surface area contributed by atoms with Gasteiger partial charge in [-0.3, -0.25) is 0 Å². The molecular weight excluding hydrogens is 230 g/mol. The summed E-state index contributed by atoms with van der Waals surface area (Å²) in [6, 6.07) is 17.9. The van der Waals surface area contributed by atoms with Crippen LogP contribution in [0.15, 0.2) is 48.5 Å². The summed E-state index contributed by atoms with van der Waals surface area (Å²) >= 11 is 0. The zero-order valence-corrected chi connectivity index (χ0v) is 11.5. The smallest absolute Gasteiger partial charge is 0.0202 e. The SMILES string of the molecule is CNCc1cccc(-c2ccc(C3CCC3)cc2)c1. The van der Waals surface area contributed by atoms with Crippen LogP contribution in [0.25, 0.3) is 11.1 Å². The van der Waals surface area contributed by atoms with Gasteiger partial charge in [0.1, 0.15) is 0 Å². The maximum absolute atomic E-state index is 3.20. The Morgan fingerprint density at radius 3 is 2.42 bits per heavy atom. The Balaban J connectivity index is 1.82. The summed E-state index contributed by atoms with van der Waals surface area (Å²) < 4.78 is 0. The van der Waals surface area contributed by atoms with E-state index in [4.69, 9.17) is 0 Å². The van der Waals surface area contributed by atoms with Crippen molar-refractivity contribution in [3.8, 4) is 11.1 Å². The highest BCUT2D eigenvalue weighted by Crippen LogP contribution is 2.36. The second kappa shape index (κ2) is 5.58. The van der Waals surface area contributed by atoms with Gasteiger partial charge in [-0.15, -0.1) is 0 Å². The van der Waals surface area contributed by atoms with E-state index >= 15 is 0 Å². The second-order valence-corrected chi connectivity index (χ2v) is 5.48. The third-order valence-corrected chi connectivity index (χ3v) is 4.13. The summed E-state index contributed by atoms with van der Waals surface area (Å²) in [7, 11) is 1.99. The van der Waals surface area contributed by atoms with Crippen molar-refractivity contribution >= 4 is 0 Å². The molecule has 1 aliphatic carbocycles. The van der Waals surface area contributed by atoms with E-state index in [9.17, 15) is 0 Å². The Kier molecular flexibility index (Phi) is 3.65. The van der Waals surface area contributed by atoms with E-state index in [-0.39, 0.29) is 0 Å². The van der Waals surface area contributed by atoms with E-state index in [1.165, 1.54) is 41.5 Å². The zero-order chi connectivity index (χ0) is 13.1. The molecule has 1 saturated carbocycles. The van der Waals surface area contributed by atoms with Crippen LogP contribution >= 0.6 is 0 Å². The molecule has 0 heterocycles. The molecule has 1 aliphatic rings. The minimum atomic E-state index is 0.824. The highest BCUT2D eigenvalue weighted by atomic mass is 14.8. The van der Waals surface area contributed by atoms with Crippen molar-refractivity contribution in [1.82, 2.24) is 5.32 Å². The van der Waals surface area contributed by atoms with Crippen LogP contribution in [0.3, 0.4) is 0 Å². The first-order valence-electron chi connectivity index (χ1n) is 7.21. The van der Waals surface area contributed by atoms with E-state index in [1.807, 2.05) is 7.05 Å². The van der Waals surface area contributed by atoms with E-state index in [0.29, 0.717) is 0 Å². The van der Waals surface area contributed by atoms with Gasteiger partial charge >= 0.3 is 0 Å². The van der Waals surface area contributed by atoms with Crippen LogP contribution in [-0.2, 0) is 6.54 Å². The predicted octanol–water partition coefficient (Wildman–Crippen LogP) is 4.34. The van der Waals surface area contributed by atoms with Crippen molar-refractivity contribution in [2.45, 2.75) is 31.7 Å². The van der Waals surface area contributed by atoms with Gasteiger partial charge in [-0.1, -0.05) is 48.9 Å². The van der Waals surface area contributed by atoms with Crippen molar-refractivity contribution in [2.75, 3.05) is 7.05 Å². The molecule has 0 bridgehead atoms. The van der Waals surface area contributed by atoms with Gasteiger partial charge in [0.15, 0.2) is 0 Å². The van der Waals surface area contributed by atoms with Crippen molar-refractivity contribution < 1.29 is 0 Å². The van der Waals surface area contributed by atoms with E-state index in [1.54, 1.807) is 0 Å². The van der Waals surface area contributed by atoms with Crippen molar-refractivity contribution in [3.63, 3.8) is 0 Å². The fourth-order valence-corrected chi connectivity index (χ4v) is 2.75. The lowest BCUT2D eigenvalue weighted by Gasteiger charge is -2.25. The van der Waals surface area contributed by atoms with Gasteiger partial charge in [0.05, 0.1) is 0 Å². The summed E-state index contributed by atoms with van der Waals surface area (Å²) in [5.41, 5.74) is 5.48. The monoisotopic (exact) mass is 251 g/mol.